The molecule has 0 saturated heterocycles. The predicted octanol–water partition coefficient (Wildman–Crippen LogP) is 4.44. The van der Waals surface area contributed by atoms with Gasteiger partial charge in [0.1, 0.15) is 5.75 Å². The van der Waals surface area contributed by atoms with Crippen LogP contribution in [-0.2, 0) is 6.54 Å². The molecule has 112 valence electrons. The highest BCUT2D eigenvalue weighted by atomic mass is 32.2. The second-order valence-electron chi connectivity index (χ2n) is 5.20. The number of rotatable bonds is 6. The van der Waals surface area contributed by atoms with Crippen molar-refractivity contribution in [3.63, 3.8) is 0 Å². The highest BCUT2D eigenvalue weighted by Crippen LogP contribution is 2.25. The molecular formula is C17H22N2OS. The van der Waals surface area contributed by atoms with Gasteiger partial charge >= 0.3 is 0 Å². The summed E-state index contributed by atoms with van der Waals surface area (Å²) in [5.74, 6) is 1.85. The summed E-state index contributed by atoms with van der Waals surface area (Å²) >= 11 is 1.72. The SMILES string of the molecule is CNCc1cc(Oc2ccc(SC)cc2)nc(C(C)C)c1. The molecule has 0 unspecified atom stereocenters. The van der Waals surface area contributed by atoms with Crippen molar-refractivity contribution in [2.45, 2.75) is 31.2 Å². The molecule has 0 radical (unpaired) electrons. The minimum atomic E-state index is 0.378. The Morgan fingerprint density at radius 2 is 1.90 bits per heavy atom. The molecule has 3 nitrogen and oxygen atoms in total. The fourth-order valence-electron chi connectivity index (χ4n) is 2.00. The van der Waals surface area contributed by atoms with Gasteiger partial charge in [0.15, 0.2) is 0 Å². The predicted molar refractivity (Wildman–Crippen MR) is 89.4 cm³/mol. The lowest BCUT2D eigenvalue weighted by atomic mass is 10.1. The van der Waals surface area contributed by atoms with E-state index in [1.807, 2.05) is 25.2 Å². The van der Waals surface area contributed by atoms with Gasteiger partial charge in [-0.15, -0.1) is 11.8 Å². The number of nitrogens with zero attached hydrogens (tertiary/aromatic N) is 1. The van der Waals surface area contributed by atoms with E-state index in [4.69, 9.17) is 4.74 Å². The number of hydrogen-bond acceptors (Lipinski definition) is 4. The van der Waals surface area contributed by atoms with Crippen molar-refractivity contribution in [3.8, 4) is 11.6 Å². The number of thioether (sulfide) groups is 1. The molecule has 0 aliphatic heterocycles. The zero-order valence-corrected chi connectivity index (χ0v) is 13.8. The van der Waals surface area contributed by atoms with Crippen molar-refractivity contribution >= 4 is 11.8 Å². The Kier molecular flexibility index (Phi) is 5.65. The van der Waals surface area contributed by atoms with Crippen molar-refractivity contribution in [2.75, 3.05) is 13.3 Å². The summed E-state index contributed by atoms with van der Waals surface area (Å²) in [6, 6.07) is 12.2. The van der Waals surface area contributed by atoms with Gasteiger partial charge in [-0.3, -0.25) is 0 Å². The minimum absolute atomic E-state index is 0.378. The third-order valence-electron chi connectivity index (χ3n) is 3.14. The van der Waals surface area contributed by atoms with Gasteiger partial charge in [-0.2, -0.15) is 0 Å². The minimum Gasteiger partial charge on any atom is -0.439 e. The Morgan fingerprint density at radius 3 is 2.48 bits per heavy atom. The molecular weight excluding hydrogens is 280 g/mol. The van der Waals surface area contributed by atoms with E-state index in [1.54, 1.807) is 11.8 Å². The molecule has 2 aromatic rings. The molecule has 1 aromatic heterocycles. The molecule has 1 N–H and O–H groups in total. The largest absolute Gasteiger partial charge is 0.439 e. The van der Waals surface area contributed by atoms with Crippen LogP contribution in [0.15, 0.2) is 41.3 Å². The van der Waals surface area contributed by atoms with Crippen LogP contribution in [0, 0.1) is 0 Å². The van der Waals surface area contributed by atoms with E-state index < -0.39 is 0 Å². The lowest BCUT2D eigenvalue weighted by Gasteiger charge is -2.12. The van der Waals surface area contributed by atoms with Crippen molar-refractivity contribution in [2.24, 2.45) is 0 Å². The molecule has 0 bridgehead atoms. The first-order valence-electron chi connectivity index (χ1n) is 7.09. The van der Waals surface area contributed by atoms with Crippen LogP contribution in [0.3, 0.4) is 0 Å². The van der Waals surface area contributed by atoms with Gasteiger partial charge in [-0.1, -0.05) is 13.8 Å². The van der Waals surface area contributed by atoms with Crippen LogP contribution in [0.25, 0.3) is 0 Å². The van der Waals surface area contributed by atoms with E-state index in [0.717, 1.165) is 18.0 Å². The molecule has 0 amide bonds. The Labute approximate surface area is 131 Å². The second kappa shape index (κ2) is 7.48. The second-order valence-corrected chi connectivity index (χ2v) is 6.08. The molecule has 0 aliphatic carbocycles. The van der Waals surface area contributed by atoms with E-state index in [2.05, 4.69) is 48.6 Å². The van der Waals surface area contributed by atoms with E-state index in [1.165, 1.54) is 10.5 Å². The Morgan fingerprint density at radius 1 is 1.19 bits per heavy atom. The van der Waals surface area contributed by atoms with Crippen LogP contribution in [0.2, 0.25) is 0 Å². The molecule has 0 spiro atoms. The fraction of sp³-hybridized carbons (Fsp3) is 0.353. The lowest BCUT2D eigenvalue weighted by molar-refractivity contribution is 0.458. The van der Waals surface area contributed by atoms with Crippen LogP contribution in [0.4, 0.5) is 0 Å². The van der Waals surface area contributed by atoms with Gasteiger partial charge in [0.05, 0.1) is 0 Å². The molecule has 4 heteroatoms. The van der Waals surface area contributed by atoms with Gasteiger partial charge in [0.2, 0.25) is 5.88 Å². The maximum Gasteiger partial charge on any atom is 0.219 e. The highest BCUT2D eigenvalue weighted by molar-refractivity contribution is 7.98. The summed E-state index contributed by atoms with van der Waals surface area (Å²) in [5.41, 5.74) is 2.24. The third kappa shape index (κ3) is 4.48. The van der Waals surface area contributed by atoms with Crippen molar-refractivity contribution < 1.29 is 4.74 Å². The number of benzene rings is 1. The summed E-state index contributed by atoms with van der Waals surface area (Å²) in [6.07, 6.45) is 2.06. The van der Waals surface area contributed by atoms with Crippen LogP contribution in [0.1, 0.15) is 31.0 Å². The van der Waals surface area contributed by atoms with E-state index in [9.17, 15) is 0 Å². The van der Waals surface area contributed by atoms with Crippen LogP contribution < -0.4 is 10.1 Å². The molecule has 21 heavy (non-hydrogen) atoms. The normalized spacial score (nSPS) is 10.9. The molecule has 0 saturated carbocycles. The first kappa shape index (κ1) is 15.9. The van der Waals surface area contributed by atoms with Crippen molar-refractivity contribution in [3.05, 3.63) is 47.7 Å². The smallest absolute Gasteiger partial charge is 0.219 e. The number of ether oxygens (including phenoxy) is 1. The fourth-order valence-corrected chi connectivity index (χ4v) is 2.41. The maximum absolute atomic E-state index is 5.91. The number of pyridine rings is 1. The number of hydrogen-bond donors (Lipinski definition) is 1. The standard InChI is InChI=1S/C17H22N2OS/c1-12(2)16-9-13(11-18-3)10-17(19-16)20-14-5-7-15(21-4)8-6-14/h5-10,12,18H,11H2,1-4H3. The van der Waals surface area contributed by atoms with Gasteiger partial charge in [0, 0.05) is 23.2 Å². The van der Waals surface area contributed by atoms with E-state index in [-0.39, 0.29) is 0 Å². The third-order valence-corrected chi connectivity index (χ3v) is 3.88. The van der Waals surface area contributed by atoms with Crippen LogP contribution in [0.5, 0.6) is 11.6 Å². The number of aromatic nitrogens is 1. The van der Waals surface area contributed by atoms with Crippen molar-refractivity contribution in [1.29, 1.82) is 0 Å². The van der Waals surface area contributed by atoms with Gasteiger partial charge in [-0.05, 0) is 55.1 Å². The summed E-state index contributed by atoms with van der Waals surface area (Å²) in [7, 11) is 1.94. The van der Waals surface area contributed by atoms with Crippen LogP contribution in [-0.4, -0.2) is 18.3 Å². The molecule has 2 rings (SSSR count). The molecule has 0 atom stereocenters. The number of nitrogens with one attached hydrogen (secondary N) is 1. The zero-order chi connectivity index (χ0) is 15.2. The maximum atomic E-state index is 5.91. The topological polar surface area (TPSA) is 34.1 Å². The van der Waals surface area contributed by atoms with Gasteiger partial charge in [-0.25, -0.2) is 4.98 Å². The molecule has 0 aliphatic rings. The Bertz CT molecular complexity index is 582. The first-order valence-corrected chi connectivity index (χ1v) is 8.32. The van der Waals surface area contributed by atoms with E-state index >= 15 is 0 Å². The van der Waals surface area contributed by atoms with Gasteiger partial charge < -0.3 is 10.1 Å². The first-order chi connectivity index (χ1) is 10.1. The molecule has 1 aromatic carbocycles. The molecule has 0 fully saturated rings. The summed E-state index contributed by atoms with van der Waals surface area (Å²) in [6.45, 7) is 5.09. The summed E-state index contributed by atoms with van der Waals surface area (Å²) < 4.78 is 5.91. The van der Waals surface area contributed by atoms with Crippen molar-refractivity contribution in [1.82, 2.24) is 10.3 Å². The average Bonchev–Trinajstić information content (AvgIpc) is 2.48. The average molecular weight is 302 g/mol. The zero-order valence-electron chi connectivity index (χ0n) is 13.0. The highest BCUT2D eigenvalue weighted by Gasteiger charge is 2.08. The molecule has 1 heterocycles. The summed E-state index contributed by atoms with van der Waals surface area (Å²) in [4.78, 5) is 5.82. The monoisotopic (exact) mass is 302 g/mol. The van der Waals surface area contributed by atoms with Crippen LogP contribution >= 0.6 is 11.8 Å². The summed E-state index contributed by atoms with van der Waals surface area (Å²) in [5, 5.41) is 3.17. The lowest BCUT2D eigenvalue weighted by Crippen LogP contribution is -2.07. The Balaban J connectivity index is 2.24. The van der Waals surface area contributed by atoms with Gasteiger partial charge in [0.25, 0.3) is 0 Å². The van der Waals surface area contributed by atoms with E-state index in [0.29, 0.717) is 11.8 Å². The quantitative estimate of drug-likeness (QED) is 0.800. The Hall–Kier alpha value is -1.52.